The van der Waals surface area contributed by atoms with Gasteiger partial charge in [-0.3, -0.25) is 0 Å². The quantitative estimate of drug-likeness (QED) is 0.344. The van der Waals surface area contributed by atoms with Crippen LogP contribution in [0.2, 0.25) is 0 Å². The van der Waals surface area contributed by atoms with E-state index in [9.17, 15) is 0 Å². The van der Waals surface area contributed by atoms with Crippen LogP contribution in [-0.4, -0.2) is 22.0 Å². The van der Waals surface area contributed by atoms with Crippen LogP contribution in [-0.2, 0) is 0 Å². The molecule has 0 aromatic heterocycles. The molecular weight excluding hydrogens is 232 g/mol. The van der Waals surface area contributed by atoms with Crippen LogP contribution in [0, 0.1) is 11.3 Å². The summed E-state index contributed by atoms with van der Waals surface area (Å²) in [5, 5.41) is 12.6. The number of hydrogen-bond acceptors (Lipinski definition) is 3. The van der Waals surface area contributed by atoms with Gasteiger partial charge in [0.1, 0.15) is 5.84 Å². The lowest BCUT2D eigenvalue weighted by Gasteiger charge is -2.27. The van der Waals surface area contributed by atoms with Crippen molar-refractivity contribution in [2.75, 3.05) is 5.75 Å². The van der Waals surface area contributed by atoms with E-state index in [2.05, 4.69) is 23.8 Å². The number of nitrogens with two attached hydrogens (primary N) is 1. The van der Waals surface area contributed by atoms with E-state index in [-0.39, 0.29) is 0 Å². The molecule has 0 amide bonds. The van der Waals surface area contributed by atoms with Crippen molar-refractivity contribution in [3.05, 3.63) is 0 Å². The molecule has 0 aliphatic heterocycles. The van der Waals surface area contributed by atoms with Gasteiger partial charge in [-0.15, -0.1) is 0 Å². The number of thioether (sulfide) groups is 1. The zero-order valence-corrected chi connectivity index (χ0v) is 11.5. The minimum Gasteiger partial charge on any atom is -0.409 e. The molecule has 0 heterocycles. The Kier molecular flexibility index (Phi) is 4.23. The van der Waals surface area contributed by atoms with Crippen molar-refractivity contribution < 1.29 is 5.21 Å². The smallest absolute Gasteiger partial charge is 0.139 e. The minimum absolute atomic E-state index is 0.363. The molecule has 2 atom stereocenters. The molecule has 98 valence electrons. The molecule has 2 rings (SSSR count). The van der Waals surface area contributed by atoms with Gasteiger partial charge in [0.25, 0.3) is 0 Å². The number of rotatable bonds is 5. The van der Waals surface area contributed by atoms with Crippen molar-refractivity contribution >= 4 is 17.6 Å². The fraction of sp³-hybridized carbons (Fsp3) is 0.923. The lowest BCUT2D eigenvalue weighted by atomic mass is 9.91. The van der Waals surface area contributed by atoms with Gasteiger partial charge in [0.15, 0.2) is 0 Å². The molecule has 3 N–H and O–H groups in total. The predicted octanol–water partition coefficient (Wildman–Crippen LogP) is 3.22. The van der Waals surface area contributed by atoms with Crippen LogP contribution in [0.1, 0.15) is 51.9 Å². The third-order valence-electron chi connectivity index (χ3n) is 4.16. The zero-order chi connectivity index (χ0) is 12.3. The second-order valence-electron chi connectivity index (χ2n) is 5.97. The third-order valence-corrected chi connectivity index (χ3v) is 5.83. The average Bonchev–Trinajstić information content (AvgIpc) is 3.07. The molecule has 0 saturated heterocycles. The van der Waals surface area contributed by atoms with Gasteiger partial charge in [0, 0.05) is 11.7 Å². The topological polar surface area (TPSA) is 58.6 Å². The molecule has 0 bridgehead atoms. The molecule has 2 unspecified atom stereocenters. The maximum absolute atomic E-state index is 8.63. The number of oxime groups is 1. The van der Waals surface area contributed by atoms with Crippen LogP contribution in [0.3, 0.4) is 0 Å². The second-order valence-corrected chi connectivity index (χ2v) is 7.26. The van der Waals surface area contributed by atoms with Crippen molar-refractivity contribution in [1.82, 2.24) is 0 Å². The van der Waals surface area contributed by atoms with Gasteiger partial charge in [-0.05, 0) is 42.8 Å². The molecule has 2 aliphatic rings. The molecular formula is C13H24N2OS. The minimum atomic E-state index is 0.363. The van der Waals surface area contributed by atoms with E-state index in [1.165, 1.54) is 44.3 Å². The van der Waals surface area contributed by atoms with Crippen molar-refractivity contribution in [1.29, 1.82) is 0 Å². The Morgan fingerprint density at radius 3 is 2.82 bits per heavy atom. The van der Waals surface area contributed by atoms with Crippen LogP contribution in [0.5, 0.6) is 0 Å². The van der Waals surface area contributed by atoms with E-state index < -0.39 is 0 Å². The Morgan fingerprint density at radius 1 is 1.47 bits per heavy atom. The Labute approximate surface area is 108 Å². The predicted molar refractivity (Wildman–Crippen MR) is 73.6 cm³/mol. The largest absolute Gasteiger partial charge is 0.409 e. The van der Waals surface area contributed by atoms with Crippen LogP contribution < -0.4 is 5.73 Å². The molecule has 17 heavy (non-hydrogen) atoms. The highest BCUT2D eigenvalue weighted by atomic mass is 32.2. The van der Waals surface area contributed by atoms with Gasteiger partial charge in [-0.25, -0.2) is 0 Å². The van der Waals surface area contributed by atoms with E-state index in [0.717, 1.165) is 17.6 Å². The lowest BCUT2D eigenvalue weighted by molar-refractivity contribution is 0.315. The molecule has 3 nitrogen and oxygen atoms in total. The van der Waals surface area contributed by atoms with Gasteiger partial charge in [-0.1, -0.05) is 24.9 Å². The summed E-state index contributed by atoms with van der Waals surface area (Å²) in [7, 11) is 0. The van der Waals surface area contributed by atoms with Crippen LogP contribution in [0.15, 0.2) is 5.16 Å². The van der Waals surface area contributed by atoms with Crippen molar-refractivity contribution in [3.63, 3.8) is 0 Å². The normalized spacial score (nSPS) is 32.4. The van der Waals surface area contributed by atoms with Crippen molar-refractivity contribution in [3.8, 4) is 0 Å². The summed E-state index contributed by atoms with van der Waals surface area (Å²) in [6, 6.07) is 0. The number of amidine groups is 1. The SMILES string of the molecule is CC1CCCC(SCC2(CC(N)=NO)CC2)C1. The first-order valence-electron chi connectivity index (χ1n) is 6.71. The molecule has 4 heteroatoms. The molecule has 0 radical (unpaired) electrons. The maximum atomic E-state index is 8.63. The molecule has 2 saturated carbocycles. The molecule has 0 spiro atoms. The Balaban J connectivity index is 1.74. The Bertz CT molecular complexity index is 289. The van der Waals surface area contributed by atoms with Crippen LogP contribution in [0.4, 0.5) is 0 Å². The number of hydrogen-bond donors (Lipinski definition) is 2. The highest BCUT2D eigenvalue weighted by Gasteiger charge is 2.43. The van der Waals surface area contributed by atoms with E-state index >= 15 is 0 Å². The summed E-state index contributed by atoms with van der Waals surface area (Å²) < 4.78 is 0. The number of nitrogens with zero attached hydrogens (tertiary/aromatic N) is 1. The molecule has 2 fully saturated rings. The molecule has 0 aromatic carbocycles. The van der Waals surface area contributed by atoms with Crippen LogP contribution >= 0.6 is 11.8 Å². The fourth-order valence-electron chi connectivity index (χ4n) is 2.79. The highest BCUT2D eigenvalue weighted by molar-refractivity contribution is 7.99. The summed E-state index contributed by atoms with van der Waals surface area (Å²) in [5.74, 6) is 2.50. The van der Waals surface area contributed by atoms with E-state index in [1.807, 2.05) is 0 Å². The van der Waals surface area contributed by atoms with Gasteiger partial charge in [0.05, 0.1) is 0 Å². The fourth-order valence-corrected chi connectivity index (χ4v) is 4.57. The van der Waals surface area contributed by atoms with Crippen LogP contribution in [0.25, 0.3) is 0 Å². The summed E-state index contributed by atoms with van der Waals surface area (Å²) in [5.41, 5.74) is 5.98. The summed E-state index contributed by atoms with van der Waals surface area (Å²) in [6.07, 6.45) is 8.84. The van der Waals surface area contributed by atoms with Crippen molar-refractivity contribution in [2.24, 2.45) is 22.2 Å². The highest BCUT2D eigenvalue weighted by Crippen LogP contribution is 2.52. The van der Waals surface area contributed by atoms with E-state index in [1.54, 1.807) is 0 Å². The molecule has 0 aromatic rings. The monoisotopic (exact) mass is 256 g/mol. The summed E-state index contributed by atoms with van der Waals surface area (Å²) in [6.45, 7) is 2.37. The maximum Gasteiger partial charge on any atom is 0.139 e. The first kappa shape index (κ1) is 13.1. The second kappa shape index (κ2) is 5.51. The third kappa shape index (κ3) is 3.80. The Hall–Kier alpha value is -0.380. The van der Waals surface area contributed by atoms with E-state index in [0.29, 0.717) is 11.3 Å². The summed E-state index contributed by atoms with van der Waals surface area (Å²) >= 11 is 2.13. The zero-order valence-electron chi connectivity index (χ0n) is 10.7. The molecule has 2 aliphatic carbocycles. The first-order chi connectivity index (χ1) is 8.13. The standard InChI is InChI=1S/C13H24N2OS/c1-10-3-2-4-11(7-10)17-9-13(5-6-13)8-12(14)15-16/h10-11,16H,2-9H2,1H3,(H2,14,15). The first-order valence-corrected chi connectivity index (χ1v) is 7.76. The van der Waals surface area contributed by atoms with Gasteiger partial charge >= 0.3 is 0 Å². The Morgan fingerprint density at radius 2 is 2.24 bits per heavy atom. The van der Waals surface area contributed by atoms with E-state index in [4.69, 9.17) is 10.9 Å². The van der Waals surface area contributed by atoms with Gasteiger partial charge < -0.3 is 10.9 Å². The van der Waals surface area contributed by atoms with Gasteiger partial charge in [0.2, 0.25) is 0 Å². The van der Waals surface area contributed by atoms with Crippen molar-refractivity contribution in [2.45, 2.75) is 57.1 Å². The average molecular weight is 256 g/mol. The summed E-state index contributed by atoms with van der Waals surface area (Å²) in [4.78, 5) is 0. The van der Waals surface area contributed by atoms with Gasteiger partial charge in [-0.2, -0.15) is 11.8 Å². The lowest BCUT2D eigenvalue weighted by Crippen LogP contribution is -2.22.